The van der Waals surface area contributed by atoms with Gasteiger partial charge in [-0.25, -0.2) is 14.4 Å². The summed E-state index contributed by atoms with van der Waals surface area (Å²) >= 11 is 0. The van der Waals surface area contributed by atoms with E-state index in [9.17, 15) is 9.18 Å². The van der Waals surface area contributed by atoms with Gasteiger partial charge in [-0.05, 0) is 42.7 Å². The summed E-state index contributed by atoms with van der Waals surface area (Å²) in [5.41, 5.74) is 3.24. The van der Waals surface area contributed by atoms with Gasteiger partial charge in [-0.3, -0.25) is 4.79 Å². The third-order valence-electron chi connectivity index (χ3n) is 3.90. The average molecular weight is 350 g/mol. The molecular formula is C20H19FN4O. The third kappa shape index (κ3) is 4.63. The maximum absolute atomic E-state index is 12.9. The number of benzene rings is 2. The molecule has 2 aromatic carbocycles. The van der Waals surface area contributed by atoms with Crippen LogP contribution >= 0.6 is 0 Å². The lowest BCUT2D eigenvalue weighted by atomic mass is 10.1. The number of nitrogens with one attached hydrogen (secondary N) is 2. The fraction of sp³-hybridized carbons (Fsp3) is 0.150. The van der Waals surface area contributed by atoms with Gasteiger partial charge in [0.2, 0.25) is 0 Å². The SMILES string of the molecule is Cc1ccccc1Nc1cnc(C(=O)NCCc2ccc(F)cc2)cn1. The topological polar surface area (TPSA) is 66.9 Å². The van der Waals surface area contributed by atoms with Gasteiger partial charge in [-0.15, -0.1) is 0 Å². The molecule has 2 N–H and O–H groups in total. The van der Waals surface area contributed by atoms with E-state index in [1.165, 1.54) is 24.5 Å². The van der Waals surface area contributed by atoms with Crippen LogP contribution in [0, 0.1) is 12.7 Å². The smallest absolute Gasteiger partial charge is 0.271 e. The number of halogens is 1. The van der Waals surface area contributed by atoms with Crippen LogP contribution in [0.1, 0.15) is 21.6 Å². The van der Waals surface area contributed by atoms with Crippen molar-refractivity contribution in [1.82, 2.24) is 15.3 Å². The van der Waals surface area contributed by atoms with Crippen LogP contribution in [0.3, 0.4) is 0 Å². The molecule has 1 aromatic heterocycles. The van der Waals surface area contributed by atoms with Gasteiger partial charge in [0, 0.05) is 12.2 Å². The Morgan fingerprint density at radius 1 is 1.04 bits per heavy atom. The largest absolute Gasteiger partial charge is 0.350 e. The Kier molecular flexibility index (Phi) is 5.53. The molecule has 0 fully saturated rings. The van der Waals surface area contributed by atoms with Gasteiger partial charge in [0.25, 0.3) is 5.91 Å². The Labute approximate surface area is 151 Å². The molecular weight excluding hydrogens is 331 g/mol. The number of hydrogen-bond donors (Lipinski definition) is 2. The Hall–Kier alpha value is -3.28. The highest BCUT2D eigenvalue weighted by molar-refractivity contribution is 5.92. The molecule has 26 heavy (non-hydrogen) atoms. The van der Waals surface area contributed by atoms with E-state index < -0.39 is 0 Å². The lowest BCUT2D eigenvalue weighted by Gasteiger charge is -2.09. The zero-order valence-corrected chi connectivity index (χ0v) is 14.4. The quantitative estimate of drug-likeness (QED) is 0.712. The molecule has 5 nitrogen and oxygen atoms in total. The summed E-state index contributed by atoms with van der Waals surface area (Å²) in [5.74, 6) is 0.0108. The highest BCUT2D eigenvalue weighted by atomic mass is 19.1. The van der Waals surface area contributed by atoms with Crippen molar-refractivity contribution in [3.8, 4) is 0 Å². The van der Waals surface area contributed by atoms with Gasteiger partial charge in [0.05, 0.1) is 12.4 Å². The molecule has 0 saturated carbocycles. The predicted octanol–water partition coefficient (Wildman–Crippen LogP) is 3.64. The molecule has 3 rings (SSSR count). The summed E-state index contributed by atoms with van der Waals surface area (Å²) in [6.07, 6.45) is 3.58. The number of carbonyl (C=O) groups is 1. The molecule has 0 aliphatic carbocycles. The minimum Gasteiger partial charge on any atom is -0.350 e. The maximum Gasteiger partial charge on any atom is 0.271 e. The number of nitrogens with zero attached hydrogens (tertiary/aromatic N) is 2. The summed E-state index contributed by atoms with van der Waals surface area (Å²) in [7, 11) is 0. The molecule has 0 bridgehead atoms. The van der Waals surface area contributed by atoms with Crippen molar-refractivity contribution in [1.29, 1.82) is 0 Å². The number of hydrogen-bond acceptors (Lipinski definition) is 4. The Bertz CT molecular complexity index is 879. The summed E-state index contributed by atoms with van der Waals surface area (Å²) in [6.45, 7) is 2.44. The second kappa shape index (κ2) is 8.20. The molecule has 0 atom stereocenters. The van der Waals surface area contributed by atoms with Crippen molar-refractivity contribution in [3.63, 3.8) is 0 Å². The Balaban J connectivity index is 1.53. The number of amides is 1. The molecule has 6 heteroatoms. The molecule has 132 valence electrons. The van der Waals surface area contributed by atoms with E-state index >= 15 is 0 Å². The monoisotopic (exact) mass is 350 g/mol. The molecule has 0 aliphatic heterocycles. The van der Waals surface area contributed by atoms with Crippen LogP contribution in [0.4, 0.5) is 15.9 Å². The molecule has 3 aromatic rings. The Morgan fingerprint density at radius 3 is 2.50 bits per heavy atom. The Morgan fingerprint density at radius 2 is 1.81 bits per heavy atom. The fourth-order valence-corrected chi connectivity index (χ4v) is 2.42. The van der Waals surface area contributed by atoms with Gasteiger partial charge in [0.1, 0.15) is 17.3 Å². The summed E-state index contributed by atoms with van der Waals surface area (Å²) in [4.78, 5) is 20.5. The number of carbonyl (C=O) groups excluding carboxylic acids is 1. The first-order valence-electron chi connectivity index (χ1n) is 8.29. The molecule has 1 heterocycles. The zero-order valence-electron chi connectivity index (χ0n) is 14.4. The minimum atomic E-state index is -0.290. The van der Waals surface area contributed by atoms with Crippen molar-refractivity contribution < 1.29 is 9.18 Å². The standard InChI is InChI=1S/C20H19FN4O/c1-14-4-2-3-5-17(14)25-19-13-23-18(12-24-19)20(26)22-11-10-15-6-8-16(21)9-7-15/h2-9,12-13H,10-11H2,1H3,(H,22,26)(H,24,25). The molecule has 0 spiro atoms. The van der Waals surface area contributed by atoms with Crippen LogP contribution in [-0.2, 0) is 6.42 Å². The number of rotatable bonds is 6. The lowest BCUT2D eigenvalue weighted by Crippen LogP contribution is -2.26. The average Bonchev–Trinajstić information content (AvgIpc) is 2.66. The van der Waals surface area contributed by atoms with Crippen molar-refractivity contribution >= 4 is 17.4 Å². The van der Waals surface area contributed by atoms with Crippen LogP contribution in [0.25, 0.3) is 0 Å². The molecule has 1 amide bonds. The van der Waals surface area contributed by atoms with E-state index in [2.05, 4.69) is 20.6 Å². The van der Waals surface area contributed by atoms with Crippen molar-refractivity contribution in [2.75, 3.05) is 11.9 Å². The second-order valence-corrected chi connectivity index (χ2v) is 5.86. The van der Waals surface area contributed by atoms with Crippen LogP contribution in [0.15, 0.2) is 60.9 Å². The first-order valence-corrected chi connectivity index (χ1v) is 8.29. The fourth-order valence-electron chi connectivity index (χ4n) is 2.42. The van der Waals surface area contributed by atoms with Gasteiger partial charge < -0.3 is 10.6 Å². The van der Waals surface area contributed by atoms with Crippen molar-refractivity contribution in [2.24, 2.45) is 0 Å². The molecule has 0 radical (unpaired) electrons. The van der Waals surface area contributed by atoms with E-state index in [0.717, 1.165) is 16.8 Å². The number of aromatic nitrogens is 2. The third-order valence-corrected chi connectivity index (χ3v) is 3.90. The van der Waals surface area contributed by atoms with E-state index in [4.69, 9.17) is 0 Å². The van der Waals surface area contributed by atoms with Gasteiger partial charge in [0.15, 0.2) is 0 Å². The van der Waals surface area contributed by atoms with Gasteiger partial charge in [-0.1, -0.05) is 30.3 Å². The zero-order chi connectivity index (χ0) is 18.4. The van der Waals surface area contributed by atoms with E-state index in [1.54, 1.807) is 12.1 Å². The summed E-state index contributed by atoms with van der Waals surface area (Å²) in [5, 5.41) is 5.96. The minimum absolute atomic E-state index is 0.249. The van der Waals surface area contributed by atoms with Crippen molar-refractivity contribution in [2.45, 2.75) is 13.3 Å². The molecule has 0 saturated heterocycles. The van der Waals surface area contributed by atoms with Crippen LogP contribution in [-0.4, -0.2) is 22.4 Å². The lowest BCUT2D eigenvalue weighted by molar-refractivity contribution is 0.0949. The van der Waals surface area contributed by atoms with Crippen LogP contribution < -0.4 is 10.6 Å². The van der Waals surface area contributed by atoms with Crippen molar-refractivity contribution in [3.05, 3.63) is 83.6 Å². The van der Waals surface area contributed by atoms with Crippen LogP contribution in [0.2, 0.25) is 0 Å². The molecule has 0 aliphatic rings. The highest BCUT2D eigenvalue weighted by Crippen LogP contribution is 2.17. The number of anilines is 2. The first-order chi connectivity index (χ1) is 12.6. The second-order valence-electron chi connectivity index (χ2n) is 5.86. The van der Waals surface area contributed by atoms with E-state index in [0.29, 0.717) is 18.8 Å². The maximum atomic E-state index is 12.9. The first kappa shape index (κ1) is 17.5. The number of aryl methyl sites for hydroxylation is 1. The number of para-hydroxylation sites is 1. The van der Waals surface area contributed by atoms with E-state index in [1.807, 2.05) is 31.2 Å². The summed E-state index contributed by atoms with van der Waals surface area (Å²) < 4.78 is 12.9. The van der Waals surface area contributed by atoms with Crippen LogP contribution in [0.5, 0.6) is 0 Å². The molecule has 0 unspecified atom stereocenters. The van der Waals surface area contributed by atoms with Gasteiger partial charge >= 0.3 is 0 Å². The normalized spacial score (nSPS) is 10.4. The predicted molar refractivity (Wildman–Crippen MR) is 98.9 cm³/mol. The highest BCUT2D eigenvalue weighted by Gasteiger charge is 2.08. The van der Waals surface area contributed by atoms with Gasteiger partial charge in [-0.2, -0.15) is 0 Å². The van der Waals surface area contributed by atoms with E-state index in [-0.39, 0.29) is 17.4 Å². The summed E-state index contributed by atoms with van der Waals surface area (Å²) in [6, 6.07) is 14.1.